The maximum atomic E-state index is 13.2. The molecule has 0 bridgehead atoms. The summed E-state index contributed by atoms with van der Waals surface area (Å²) in [7, 11) is 1.20. The fraction of sp³-hybridized carbons (Fsp3) is 0.583. The van der Waals surface area contributed by atoms with Crippen molar-refractivity contribution < 1.29 is 33.8 Å². The molecule has 0 aliphatic heterocycles. The highest BCUT2D eigenvalue weighted by atomic mass is 16.6. The Bertz CT molecular complexity index is 865. The number of hydrogen-bond acceptors (Lipinski definition) is 7. The van der Waals surface area contributed by atoms with Gasteiger partial charge >= 0.3 is 12.1 Å². The predicted octanol–water partition coefficient (Wildman–Crippen LogP) is 2.57. The number of nitrogens with one attached hydrogen (secondary N) is 2. The minimum atomic E-state index is -1.23. The van der Waals surface area contributed by atoms with E-state index in [1.54, 1.807) is 45.9 Å². The molecule has 0 spiro atoms. The number of unbranched alkanes of at least 4 members (excludes halogenated alkanes) is 2. The van der Waals surface area contributed by atoms with Crippen molar-refractivity contribution in [2.75, 3.05) is 26.7 Å². The number of methoxy groups -OCH3 is 1. The van der Waals surface area contributed by atoms with Crippen LogP contribution >= 0.6 is 0 Å². The molecule has 0 aliphatic rings. The molecule has 1 unspecified atom stereocenters. The van der Waals surface area contributed by atoms with Gasteiger partial charge in [0.2, 0.25) is 11.8 Å². The summed E-state index contributed by atoms with van der Waals surface area (Å²) in [5, 5.41) is 15.6. The Hall–Kier alpha value is -3.30. The molecule has 1 rings (SSSR count). The SMILES string of the molecule is CCCCCN(C(=O)CNC(=O)OC(C)(C)C)C(C(=O)NCC(=O)OC)c1cccc(C)c1O. The van der Waals surface area contributed by atoms with Crippen molar-refractivity contribution in [3.05, 3.63) is 29.3 Å². The number of phenolic OH excluding ortho intramolecular Hbond substituents is 1. The van der Waals surface area contributed by atoms with Crippen molar-refractivity contribution in [3.8, 4) is 5.75 Å². The minimum absolute atomic E-state index is 0.130. The van der Waals surface area contributed by atoms with Gasteiger partial charge in [-0.15, -0.1) is 0 Å². The molecule has 1 atom stereocenters. The molecule has 10 heteroatoms. The van der Waals surface area contributed by atoms with E-state index >= 15 is 0 Å². The molecule has 0 fully saturated rings. The summed E-state index contributed by atoms with van der Waals surface area (Å²) in [5.74, 6) is -1.99. The summed E-state index contributed by atoms with van der Waals surface area (Å²) < 4.78 is 9.76. The van der Waals surface area contributed by atoms with Crippen LogP contribution < -0.4 is 10.6 Å². The highest BCUT2D eigenvalue weighted by molar-refractivity contribution is 5.92. The number of nitrogens with zero attached hydrogens (tertiary/aromatic N) is 1. The van der Waals surface area contributed by atoms with E-state index in [0.29, 0.717) is 12.0 Å². The third-order valence-electron chi connectivity index (χ3n) is 4.86. The van der Waals surface area contributed by atoms with Crippen molar-refractivity contribution >= 4 is 23.9 Å². The molecular formula is C24H37N3O7. The van der Waals surface area contributed by atoms with E-state index in [4.69, 9.17) is 4.74 Å². The van der Waals surface area contributed by atoms with Gasteiger partial charge in [0.15, 0.2) is 0 Å². The van der Waals surface area contributed by atoms with Crippen molar-refractivity contribution in [1.29, 1.82) is 0 Å². The third-order valence-corrected chi connectivity index (χ3v) is 4.86. The molecule has 0 aliphatic carbocycles. The summed E-state index contributed by atoms with van der Waals surface area (Å²) in [6, 6.07) is 3.66. The van der Waals surface area contributed by atoms with Gasteiger partial charge in [-0.2, -0.15) is 0 Å². The van der Waals surface area contributed by atoms with Gasteiger partial charge in [-0.25, -0.2) is 4.79 Å². The Balaban J connectivity index is 3.28. The normalized spacial score (nSPS) is 11.8. The van der Waals surface area contributed by atoms with E-state index in [9.17, 15) is 24.3 Å². The molecule has 0 saturated carbocycles. The highest BCUT2D eigenvalue weighted by Gasteiger charge is 2.34. The number of amides is 3. The first-order chi connectivity index (χ1) is 15.9. The van der Waals surface area contributed by atoms with E-state index in [0.717, 1.165) is 12.8 Å². The number of aryl methyl sites for hydroxylation is 1. The number of esters is 1. The summed E-state index contributed by atoms with van der Waals surface area (Å²) in [6.07, 6.45) is 1.52. The quantitative estimate of drug-likeness (QED) is 0.328. The van der Waals surface area contributed by atoms with Crippen molar-refractivity contribution in [2.24, 2.45) is 0 Å². The van der Waals surface area contributed by atoms with Crippen LogP contribution in [0, 0.1) is 6.92 Å². The summed E-state index contributed by atoms with van der Waals surface area (Å²) in [5.41, 5.74) is -0.00183. The van der Waals surface area contributed by atoms with E-state index in [2.05, 4.69) is 15.4 Å². The van der Waals surface area contributed by atoms with Gasteiger partial charge in [-0.3, -0.25) is 14.4 Å². The maximum Gasteiger partial charge on any atom is 0.408 e. The van der Waals surface area contributed by atoms with Crippen LogP contribution in [-0.2, 0) is 23.9 Å². The zero-order valence-corrected chi connectivity index (χ0v) is 20.9. The Morgan fingerprint density at radius 2 is 1.76 bits per heavy atom. The first-order valence-electron chi connectivity index (χ1n) is 11.3. The lowest BCUT2D eigenvalue weighted by Crippen LogP contribution is -2.48. The summed E-state index contributed by atoms with van der Waals surface area (Å²) in [4.78, 5) is 51.3. The van der Waals surface area contributed by atoms with Gasteiger partial charge in [-0.05, 0) is 39.7 Å². The molecule has 0 heterocycles. The van der Waals surface area contributed by atoms with Gasteiger partial charge < -0.3 is 30.1 Å². The molecule has 0 aromatic heterocycles. The number of aromatic hydroxyl groups is 1. The van der Waals surface area contributed by atoms with Crippen LogP contribution in [0.5, 0.6) is 5.75 Å². The summed E-state index contributed by atoms with van der Waals surface area (Å²) >= 11 is 0. The van der Waals surface area contributed by atoms with Gasteiger partial charge in [0.1, 0.15) is 30.5 Å². The molecular weight excluding hydrogens is 442 g/mol. The zero-order chi connectivity index (χ0) is 25.9. The number of carbonyl (C=O) groups excluding carboxylic acids is 4. The second kappa shape index (κ2) is 13.4. The van der Waals surface area contributed by atoms with Crippen LogP contribution in [0.1, 0.15) is 64.1 Å². The van der Waals surface area contributed by atoms with E-state index < -0.39 is 48.6 Å². The van der Waals surface area contributed by atoms with Crippen LogP contribution in [0.4, 0.5) is 4.79 Å². The number of hydrogen-bond donors (Lipinski definition) is 3. The lowest BCUT2D eigenvalue weighted by Gasteiger charge is -2.32. The fourth-order valence-corrected chi connectivity index (χ4v) is 3.17. The van der Waals surface area contributed by atoms with Crippen LogP contribution in [0.15, 0.2) is 18.2 Å². The second-order valence-electron chi connectivity index (χ2n) is 8.86. The van der Waals surface area contributed by atoms with E-state index in [1.807, 2.05) is 6.92 Å². The number of phenols is 1. The Labute approximate surface area is 201 Å². The zero-order valence-electron chi connectivity index (χ0n) is 20.9. The topological polar surface area (TPSA) is 134 Å². The van der Waals surface area contributed by atoms with E-state index in [1.165, 1.54) is 12.0 Å². The number of benzene rings is 1. The monoisotopic (exact) mass is 479 g/mol. The predicted molar refractivity (Wildman–Crippen MR) is 126 cm³/mol. The fourth-order valence-electron chi connectivity index (χ4n) is 3.17. The van der Waals surface area contributed by atoms with Gasteiger partial charge in [0.25, 0.3) is 0 Å². The molecule has 1 aromatic rings. The number of rotatable bonds is 11. The lowest BCUT2D eigenvalue weighted by atomic mass is 9.99. The molecule has 190 valence electrons. The average molecular weight is 480 g/mol. The molecule has 34 heavy (non-hydrogen) atoms. The maximum absolute atomic E-state index is 13.2. The molecule has 0 radical (unpaired) electrons. The number of ether oxygens (including phenoxy) is 2. The highest BCUT2D eigenvalue weighted by Crippen LogP contribution is 2.32. The van der Waals surface area contributed by atoms with Crippen molar-refractivity contribution in [3.63, 3.8) is 0 Å². The third kappa shape index (κ3) is 9.29. The Morgan fingerprint density at radius 1 is 1.09 bits per heavy atom. The number of carbonyl (C=O) groups is 4. The minimum Gasteiger partial charge on any atom is -0.507 e. The number of para-hydroxylation sites is 1. The van der Waals surface area contributed by atoms with Crippen LogP contribution in [0.2, 0.25) is 0 Å². The van der Waals surface area contributed by atoms with Gasteiger partial charge in [0, 0.05) is 12.1 Å². The Morgan fingerprint density at radius 3 is 2.35 bits per heavy atom. The first-order valence-corrected chi connectivity index (χ1v) is 11.3. The number of alkyl carbamates (subject to hydrolysis) is 1. The average Bonchev–Trinajstić information content (AvgIpc) is 2.76. The molecule has 3 amide bonds. The molecule has 1 aromatic carbocycles. The van der Waals surface area contributed by atoms with Gasteiger partial charge in [-0.1, -0.05) is 38.0 Å². The van der Waals surface area contributed by atoms with Crippen molar-refractivity contribution in [2.45, 2.75) is 65.5 Å². The van der Waals surface area contributed by atoms with Crippen LogP contribution in [0.25, 0.3) is 0 Å². The first kappa shape index (κ1) is 28.7. The van der Waals surface area contributed by atoms with Gasteiger partial charge in [0.05, 0.1) is 7.11 Å². The van der Waals surface area contributed by atoms with E-state index in [-0.39, 0.29) is 17.9 Å². The molecule has 0 saturated heterocycles. The summed E-state index contributed by atoms with van der Waals surface area (Å²) in [6.45, 7) is 8.18. The Kier molecular flexibility index (Phi) is 11.3. The lowest BCUT2D eigenvalue weighted by molar-refractivity contribution is -0.143. The van der Waals surface area contributed by atoms with Crippen molar-refractivity contribution in [1.82, 2.24) is 15.5 Å². The smallest absolute Gasteiger partial charge is 0.408 e. The molecule has 3 N–H and O–H groups in total. The van der Waals surface area contributed by atoms with Crippen LogP contribution in [-0.4, -0.2) is 66.2 Å². The standard InChI is InChI=1S/C24H37N3O7/c1-7-8-9-13-27(18(28)14-26-23(32)34-24(3,4)5)20(22(31)25-15-19(29)33-6)17-12-10-11-16(2)21(17)30/h10-12,20,30H,7-9,13-15H2,1-6H3,(H,25,31)(H,26,32). The second-order valence-corrected chi connectivity index (χ2v) is 8.86. The largest absolute Gasteiger partial charge is 0.507 e. The molecule has 10 nitrogen and oxygen atoms in total. The van der Waals surface area contributed by atoms with Crippen LogP contribution in [0.3, 0.4) is 0 Å².